The van der Waals surface area contributed by atoms with Gasteiger partial charge in [0.05, 0.1) is 19.6 Å². The summed E-state index contributed by atoms with van der Waals surface area (Å²) in [5.41, 5.74) is 1.15. The first-order valence-corrected chi connectivity index (χ1v) is 11.7. The van der Waals surface area contributed by atoms with Crippen molar-refractivity contribution in [2.75, 3.05) is 38.4 Å². The molecular formula is C21H29ClFN5O5. The van der Waals surface area contributed by atoms with Gasteiger partial charge in [-0.1, -0.05) is 0 Å². The number of alkyl halides is 1. The smallest absolute Gasteiger partial charge is 0.226 e. The molecule has 0 aromatic carbocycles. The second-order valence-electron chi connectivity index (χ2n) is 8.94. The van der Waals surface area contributed by atoms with E-state index in [1.54, 1.807) is 6.33 Å². The van der Waals surface area contributed by atoms with Crippen molar-refractivity contribution < 1.29 is 28.1 Å². The van der Waals surface area contributed by atoms with Crippen molar-refractivity contribution in [2.45, 2.75) is 69.5 Å². The second kappa shape index (κ2) is 9.55. The van der Waals surface area contributed by atoms with Crippen LogP contribution in [-0.2, 0) is 23.7 Å². The molecule has 3 aliphatic rings. The summed E-state index contributed by atoms with van der Waals surface area (Å²) in [7, 11) is 0. The van der Waals surface area contributed by atoms with Gasteiger partial charge >= 0.3 is 0 Å². The molecule has 0 spiro atoms. The van der Waals surface area contributed by atoms with Gasteiger partial charge in [-0.05, 0) is 44.7 Å². The largest absolute Gasteiger partial charge is 0.381 e. The topological polar surface area (TPSA) is 102 Å². The number of rotatable bonds is 8. The fourth-order valence-corrected chi connectivity index (χ4v) is 4.75. The molecule has 5 rings (SSSR count). The molecule has 1 N–H and O–H groups in total. The van der Waals surface area contributed by atoms with Crippen LogP contribution in [0.25, 0.3) is 11.2 Å². The summed E-state index contributed by atoms with van der Waals surface area (Å²) in [6.07, 6.45) is 2.10. The fourth-order valence-electron chi connectivity index (χ4n) is 4.59. The number of aromatic nitrogens is 4. The van der Waals surface area contributed by atoms with Gasteiger partial charge in [-0.2, -0.15) is 9.97 Å². The van der Waals surface area contributed by atoms with E-state index in [9.17, 15) is 4.39 Å². The molecule has 3 saturated heterocycles. The van der Waals surface area contributed by atoms with Gasteiger partial charge in [0.25, 0.3) is 0 Å². The summed E-state index contributed by atoms with van der Waals surface area (Å²) in [6, 6.07) is 0.225. The molecule has 4 atom stereocenters. The molecule has 3 aliphatic heterocycles. The van der Waals surface area contributed by atoms with Gasteiger partial charge in [-0.25, -0.2) is 4.98 Å². The van der Waals surface area contributed by atoms with E-state index in [4.69, 9.17) is 35.3 Å². The number of nitrogens with one attached hydrogen (secondary N) is 1. The van der Waals surface area contributed by atoms with Crippen LogP contribution in [0, 0.1) is 0 Å². The van der Waals surface area contributed by atoms with Crippen LogP contribution >= 0.6 is 11.6 Å². The van der Waals surface area contributed by atoms with Crippen LogP contribution in [0.4, 0.5) is 10.2 Å². The van der Waals surface area contributed by atoms with Gasteiger partial charge in [-0.15, -0.1) is 0 Å². The van der Waals surface area contributed by atoms with Gasteiger partial charge in [0.2, 0.25) is 5.28 Å². The number of anilines is 1. The van der Waals surface area contributed by atoms with E-state index in [2.05, 4.69) is 20.3 Å². The Hall–Kier alpha value is -1.63. The number of nitrogens with zero attached hydrogens (tertiary/aromatic N) is 4. The average molecular weight is 486 g/mol. The first kappa shape index (κ1) is 23.1. The van der Waals surface area contributed by atoms with Crippen molar-refractivity contribution >= 4 is 28.6 Å². The summed E-state index contributed by atoms with van der Waals surface area (Å²) in [6.45, 7) is 5.31. The highest BCUT2D eigenvalue weighted by atomic mass is 35.5. The summed E-state index contributed by atoms with van der Waals surface area (Å²) < 4.78 is 43.9. The molecule has 0 aliphatic carbocycles. The SMILES string of the molecule is CC1(C)O[C@@H]2[C@H](O1)[C@@H](COCCCF)O[C@H]2n1cnc2c(NC3CCOCC3)nc(Cl)nc21. The monoisotopic (exact) mass is 485 g/mol. The number of ether oxygens (including phenoxy) is 5. The standard InChI is InChI=1S/C21H29ClFN5O5/c1-21(2)32-15-13(10-30-7-3-6-23)31-19(16(15)33-21)28-11-24-14-17(26-20(22)27-18(14)28)25-12-4-8-29-9-5-12/h11-13,15-16,19H,3-10H2,1-2H3,(H,25,26,27)/t13-,15-,16-,19-/m1/s1. The van der Waals surface area contributed by atoms with E-state index in [0.717, 1.165) is 12.8 Å². The molecule has 2 aromatic heterocycles. The van der Waals surface area contributed by atoms with Crippen molar-refractivity contribution in [1.82, 2.24) is 19.5 Å². The molecule has 0 saturated carbocycles. The second-order valence-corrected chi connectivity index (χ2v) is 9.28. The van der Waals surface area contributed by atoms with Gasteiger partial charge < -0.3 is 29.0 Å². The van der Waals surface area contributed by atoms with Crippen LogP contribution in [0.1, 0.15) is 39.3 Å². The van der Waals surface area contributed by atoms with Gasteiger partial charge in [0, 0.05) is 25.9 Å². The number of hydrogen-bond donors (Lipinski definition) is 1. The van der Waals surface area contributed by atoms with Crippen molar-refractivity contribution in [3.63, 3.8) is 0 Å². The summed E-state index contributed by atoms with van der Waals surface area (Å²) in [5, 5.41) is 3.55. The molecule has 0 unspecified atom stereocenters. The Morgan fingerprint density at radius 3 is 2.82 bits per heavy atom. The lowest BCUT2D eigenvalue weighted by Gasteiger charge is -2.25. The Morgan fingerprint density at radius 1 is 1.24 bits per heavy atom. The van der Waals surface area contributed by atoms with Crippen molar-refractivity contribution in [1.29, 1.82) is 0 Å². The van der Waals surface area contributed by atoms with Crippen LogP contribution < -0.4 is 5.32 Å². The Balaban J connectivity index is 1.41. The quantitative estimate of drug-likeness (QED) is 0.446. The maximum Gasteiger partial charge on any atom is 0.226 e. The van der Waals surface area contributed by atoms with Crippen LogP contribution in [0.15, 0.2) is 6.33 Å². The minimum Gasteiger partial charge on any atom is -0.381 e. The van der Waals surface area contributed by atoms with Crippen molar-refractivity contribution in [2.24, 2.45) is 0 Å². The van der Waals surface area contributed by atoms with E-state index >= 15 is 0 Å². The van der Waals surface area contributed by atoms with E-state index in [-0.39, 0.29) is 30.1 Å². The third kappa shape index (κ3) is 4.80. The molecule has 182 valence electrons. The first-order valence-electron chi connectivity index (χ1n) is 11.3. The van der Waals surface area contributed by atoms with Crippen molar-refractivity contribution in [3.05, 3.63) is 11.6 Å². The highest BCUT2D eigenvalue weighted by Gasteiger charge is 2.56. The van der Waals surface area contributed by atoms with Crippen LogP contribution in [-0.4, -0.2) is 82.8 Å². The van der Waals surface area contributed by atoms with Gasteiger partial charge in [0.1, 0.15) is 18.3 Å². The lowest BCUT2D eigenvalue weighted by atomic mass is 10.1. The highest BCUT2D eigenvalue weighted by Crippen LogP contribution is 2.44. The summed E-state index contributed by atoms with van der Waals surface area (Å²) >= 11 is 6.29. The minimum absolute atomic E-state index is 0.114. The van der Waals surface area contributed by atoms with Crippen LogP contribution in [0.5, 0.6) is 0 Å². The number of fused-ring (bicyclic) bond motifs is 2. The predicted molar refractivity (Wildman–Crippen MR) is 117 cm³/mol. The predicted octanol–water partition coefficient (Wildman–Crippen LogP) is 2.86. The zero-order valence-corrected chi connectivity index (χ0v) is 19.5. The Bertz CT molecular complexity index is 972. The molecule has 10 nitrogen and oxygen atoms in total. The lowest BCUT2D eigenvalue weighted by Crippen LogP contribution is -2.33. The first-order chi connectivity index (χ1) is 15.9. The maximum absolute atomic E-state index is 12.4. The lowest BCUT2D eigenvalue weighted by molar-refractivity contribution is -0.201. The summed E-state index contributed by atoms with van der Waals surface area (Å²) in [5.74, 6) is -0.187. The Labute approximate surface area is 196 Å². The molecule has 5 heterocycles. The maximum atomic E-state index is 12.4. The molecule has 0 bridgehead atoms. The minimum atomic E-state index is -0.771. The summed E-state index contributed by atoms with van der Waals surface area (Å²) in [4.78, 5) is 13.4. The normalized spacial score (nSPS) is 29.6. The molecule has 12 heteroatoms. The third-order valence-electron chi connectivity index (χ3n) is 6.06. The van der Waals surface area contributed by atoms with Gasteiger partial charge in [-0.3, -0.25) is 8.96 Å². The number of hydrogen-bond acceptors (Lipinski definition) is 9. The fraction of sp³-hybridized carbons (Fsp3) is 0.762. The molecule has 0 radical (unpaired) electrons. The number of halogens is 2. The Morgan fingerprint density at radius 2 is 2.03 bits per heavy atom. The molecule has 2 aromatic rings. The van der Waals surface area contributed by atoms with Gasteiger partial charge in [0.15, 0.2) is 29.0 Å². The van der Waals surface area contributed by atoms with Crippen molar-refractivity contribution in [3.8, 4) is 0 Å². The zero-order valence-electron chi connectivity index (χ0n) is 18.7. The average Bonchev–Trinajstić information content (AvgIpc) is 3.43. The molecule has 0 amide bonds. The van der Waals surface area contributed by atoms with Crippen LogP contribution in [0.2, 0.25) is 5.28 Å². The zero-order chi connectivity index (χ0) is 23.0. The number of imidazole rings is 1. The molecule has 3 fully saturated rings. The highest BCUT2D eigenvalue weighted by molar-refractivity contribution is 6.28. The van der Waals surface area contributed by atoms with E-state index in [0.29, 0.717) is 43.2 Å². The van der Waals surface area contributed by atoms with Crippen LogP contribution in [0.3, 0.4) is 0 Å². The van der Waals surface area contributed by atoms with E-state index in [1.165, 1.54) is 0 Å². The van der Waals surface area contributed by atoms with E-state index < -0.39 is 24.8 Å². The molecule has 33 heavy (non-hydrogen) atoms. The third-order valence-corrected chi connectivity index (χ3v) is 6.23. The van der Waals surface area contributed by atoms with E-state index in [1.807, 2.05) is 18.4 Å². The Kier molecular flexibility index (Phi) is 6.69. The molecular weight excluding hydrogens is 457 g/mol.